The van der Waals surface area contributed by atoms with Crippen molar-refractivity contribution in [2.24, 2.45) is 0 Å². The molecule has 1 heterocycles. The topological polar surface area (TPSA) is 57.0 Å². The van der Waals surface area contributed by atoms with Crippen LogP contribution in [0, 0.1) is 6.92 Å². The van der Waals surface area contributed by atoms with Crippen molar-refractivity contribution in [3.05, 3.63) is 64.4 Å². The zero-order valence-electron chi connectivity index (χ0n) is 11.7. The predicted octanol–water partition coefficient (Wildman–Crippen LogP) is 2.18. The van der Waals surface area contributed by atoms with Gasteiger partial charge >= 0.3 is 0 Å². The number of benzene rings is 2. The van der Waals surface area contributed by atoms with E-state index in [1.165, 1.54) is 4.68 Å². The molecule has 0 saturated carbocycles. The average Bonchev–Trinajstić information content (AvgIpc) is 2.52. The van der Waals surface area contributed by atoms with Crippen LogP contribution in [-0.4, -0.2) is 21.6 Å². The second-order valence-corrected chi connectivity index (χ2v) is 4.75. The lowest BCUT2D eigenvalue weighted by atomic mass is 10.2. The quantitative estimate of drug-likeness (QED) is 0.735. The minimum absolute atomic E-state index is 0.144. The molecule has 0 aliphatic carbocycles. The van der Waals surface area contributed by atoms with Gasteiger partial charge < -0.3 is 4.74 Å². The lowest BCUT2D eigenvalue weighted by Crippen LogP contribution is -2.26. The molecule has 3 aromatic rings. The van der Waals surface area contributed by atoms with Gasteiger partial charge in [-0.1, -0.05) is 35.5 Å². The van der Waals surface area contributed by atoms with E-state index in [1.807, 2.05) is 43.3 Å². The van der Waals surface area contributed by atoms with Crippen molar-refractivity contribution in [3.8, 4) is 5.75 Å². The molecule has 0 aliphatic heterocycles. The number of aryl methyl sites for hydroxylation is 1. The molecule has 0 atom stereocenters. The van der Waals surface area contributed by atoms with Gasteiger partial charge in [-0.3, -0.25) is 4.79 Å². The molecule has 5 heteroatoms. The Morgan fingerprint density at radius 1 is 1.10 bits per heavy atom. The van der Waals surface area contributed by atoms with E-state index in [4.69, 9.17) is 4.74 Å². The molecule has 106 valence electrons. The van der Waals surface area contributed by atoms with Crippen molar-refractivity contribution in [2.75, 3.05) is 6.61 Å². The molecular formula is C16H15N3O2. The summed E-state index contributed by atoms with van der Waals surface area (Å²) < 4.78 is 7.01. The Morgan fingerprint density at radius 2 is 1.86 bits per heavy atom. The van der Waals surface area contributed by atoms with Crippen LogP contribution >= 0.6 is 0 Å². The molecule has 0 aliphatic rings. The highest BCUT2D eigenvalue weighted by molar-refractivity contribution is 5.76. The molecule has 0 spiro atoms. The number of ether oxygens (including phenoxy) is 1. The van der Waals surface area contributed by atoms with Crippen LogP contribution in [-0.2, 0) is 6.54 Å². The molecule has 2 aromatic carbocycles. The third kappa shape index (κ3) is 2.76. The summed E-state index contributed by atoms with van der Waals surface area (Å²) in [5.41, 5.74) is 1.53. The van der Waals surface area contributed by atoms with Crippen molar-refractivity contribution in [3.63, 3.8) is 0 Å². The van der Waals surface area contributed by atoms with Gasteiger partial charge in [0.1, 0.15) is 17.9 Å². The van der Waals surface area contributed by atoms with Crippen molar-refractivity contribution < 1.29 is 4.74 Å². The summed E-state index contributed by atoms with van der Waals surface area (Å²) in [5.74, 6) is 0.819. The van der Waals surface area contributed by atoms with Crippen LogP contribution in [0.25, 0.3) is 10.9 Å². The first-order valence-corrected chi connectivity index (χ1v) is 6.77. The van der Waals surface area contributed by atoms with E-state index >= 15 is 0 Å². The number of para-hydroxylation sites is 1. The highest BCUT2D eigenvalue weighted by atomic mass is 16.5. The maximum Gasteiger partial charge on any atom is 0.277 e. The molecule has 0 bridgehead atoms. The van der Waals surface area contributed by atoms with Crippen LogP contribution in [0.3, 0.4) is 0 Å². The maximum atomic E-state index is 12.2. The maximum absolute atomic E-state index is 12.2. The Bertz CT molecular complexity index is 827. The lowest BCUT2D eigenvalue weighted by molar-refractivity contribution is 0.284. The zero-order valence-corrected chi connectivity index (χ0v) is 11.7. The molecule has 1 aromatic heterocycles. The van der Waals surface area contributed by atoms with Gasteiger partial charge in [0.25, 0.3) is 5.56 Å². The van der Waals surface area contributed by atoms with Gasteiger partial charge in [0.2, 0.25) is 0 Å². The summed E-state index contributed by atoms with van der Waals surface area (Å²) in [7, 11) is 0. The van der Waals surface area contributed by atoms with Gasteiger partial charge in [0, 0.05) is 0 Å². The Morgan fingerprint density at radius 3 is 2.71 bits per heavy atom. The third-order valence-corrected chi connectivity index (χ3v) is 3.28. The molecule has 0 unspecified atom stereocenters. The summed E-state index contributed by atoms with van der Waals surface area (Å²) >= 11 is 0. The van der Waals surface area contributed by atoms with E-state index in [0.29, 0.717) is 24.1 Å². The highest BCUT2D eigenvalue weighted by Gasteiger charge is 2.05. The van der Waals surface area contributed by atoms with E-state index < -0.39 is 0 Å². The van der Waals surface area contributed by atoms with Crippen LogP contribution in [0.15, 0.2) is 53.3 Å². The zero-order chi connectivity index (χ0) is 14.7. The fraction of sp³-hybridized carbons (Fsp3) is 0.188. The van der Waals surface area contributed by atoms with Gasteiger partial charge in [-0.05, 0) is 30.7 Å². The van der Waals surface area contributed by atoms with Crippen LogP contribution in [0.5, 0.6) is 5.75 Å². The molecule has 0 radical (unpaired) electrons. The van der Waals surface area contributed by atoms with E-state index in [9.17, 15) is 4.79 Å². The number of fused-ring (bicyclic) bond motifs is 1. The smallest absolute Gasteiger partial charge is 0.277 e. The molecular weight excluding hydrogens is 266 g/mol. The monoisotopic (exact) mass is 281 g/mol. The summed E-state index contributed by atoms with van der Waals surface area (Å²) in [6.07, 6.45) is 0. The van der Waals surface area contributed by atoms with Gasteiger partial charge in [-0.2, -0.15) is 0 Å². The van der Waals surface area contributed by atoms with Crippen LogP contribution < -0.4 is 10.3 Å². The molecule has 0 fully saturated rings. The van der Waals surface area contributed by atoms with Gasteiger partial charge in [0.15, 0.2) is 0 Å². The van der Waals surface area contributed by atoms with Crippen molar-refractivity contribution in [1.29, 1.82) is 0 Å². The fourth-order valence-corrected chi connectivity index (χ4v) is 2.13. The Hall–Kier alpha value is -2.69. The van der Waals surface area contributed by atoms with Crippen molar-refractivity contribution in [1.82, 2.24) is 15.0 Å². The van der Waals surface area contributed by atoms with E-state index in [1.54, 1.807) is 12.1 Å². The summed E-state index contributed by atoms with van der Waals surface area (Å²) in [5, 5.41) is 8.55. The third-order valence-electron chi connectivity index (χ3n) is 3.28. The van der Waals surface area contributed by atoms with E-state index in [-0.39, 0.29) is 5.56 Å². The molecule has 5 nitrogen and oxygen atoms in total. The average molecular weight is 281 g/mol. The second kappa shape index (κ2) is 5.75. The minimum atomic E-state index is -0.144. The molecule has 21 heavy (non-hydrogen) atoms. The fourth-order valence-electron chi connectivity index (χ4n) is 2.13. The first-order valence-electron chi connectivity index (χ1n) is 6.77. The Kier molecular flexibility index (Phi) is 3.64. The first kappa shape index (κ1) is 13.3. The van der Waals surface area contributed by atoms with Crippen molar-refractivity contribution in [2.45, 2.75) is 13.5 Å². The molecule has 3 rings (SSSR count). The second-order valence-electron chi connectivity index (χ2n) is 4.75. The van der Waals surface area contributed by atoms with Gasteiger partial charge in [-0.15, -0.1) is 5.10 Å². The lowest BCUT2D eigenvalue weighted by Gasteiger charge is -2.09. The van der Waals surface area contributed by atoms with Crippen LogP contribution in [0.2, 0.25) is 0 Å². The normalized spacial score (nSPS) is 10.7. The number of rotatable bonds is 4. The standard InChI is InChI=1S/C16H15N3O2/c1-12-6-2-5-9-15(12)21-11-10-19-16(20)13-7-3-4-8-14(13)17-18-19/h2-9H,10-11H2,1H3. The van der Waals surface area contributed by atoms with Crippen LogP contribution in [0.4, 0.5) is 0 Å². The first-order chi connectivity index (χ1) is 10.3. The highest BCUT2D eigenvalue weighted by Crippen LogP contribution is 2.15. The summed E-state index contributed by atoms with van der Waals surface area (Å²) in [4.78, 5) is 12.2. The number of nitrogens with zero attached hydrogens (tertiary/aromatic N) is 3. The Balaban J connectivity index is 1.76. The van der Waals surface area contributed by atoms with Crippen LogP contribution in [0.1, 0.15) is 5.56 Å². The number of aromatic nitrogens is 3. The van der Waals surface area contributed by atoms with E-state index in [2.05, 4.69) is 10.3 Å². The van der Waals surface area contributed by atoms with Gasteiger partial charge in [-0.25, -0.2) is 4.68 Å². The molecule has 0 amide bonds. The summed E-state index contributed by atoms with van der Waals surface area (Å²) in [6, 6.07) is 15.0. The summed E-state index contributed by atoms with van der Waals surface area (Å²) in [6.45, 7) is 2.72. The van der Waals surface area contributed by atoms with Gasteiger partial charge in [0.05, 0.1) is 11.9 Å². The van der Waals surface area contributed by atoms with E-state index in [0.717, 1.165) is 11.3 Å². The number of hydrogen-bond donors (Lipinski definition) is 0. The van der Waals surface area contributed by atoms with Crippen molar-refractivity contribution >= 4 is 10.9 Å². The Labute approximate surface area is 121 Å². The molecule has 0 N–H and O–H groups in total. The minimum Gasteiger partial charge on any atom is -0.491 e. The predicted molar refractivity (Wildman–Crippen MR) is 80.5 cm³/mol. The SMILES string of the molecule is Cc1ccccc1OCCn1nnc2ccccc2c1=O. The number of hydrogen-bond acceptors (Lipinski definition) is 4. The molecule has 0 saturated heterocycles. The largest absolute Gasteiger partial charge is 0.491 e.